The van der Waals surface area contributed by atoms with Crippen LogP contribution in [-0.4, -0.2) is 29.8 Å². The number of anilines is 1. The van der Waals surface area contributed by atoms with Gasteiger partial charge in [-0.1, -0.05) is 20.8 Å². The Morgan fingerprint density at radius 1 is 1.08 bits per heavy atom. The first kappa shape index (κ1) is 16.3. The second kappa shape index (κ2) is 6.25. The van der Waals surface area contributed by atoms with Crippen molar-refractivity contribution in [3.05, 3.63) is 60.3 Å². The van der Waals surface area contributed by atoms with Crippen molar-refractivity contribution in [2.24, 2.45) is 0 Å². The van der Waals surface area contributed by atoms with Gasteiger partial charge in [-0.2, -0.15) is 14.7 Å². The molecule has 0 aliphatic carbocycles. The van der Waals surface area contributed by atoms with Gasteiger partial charge in [0.15, 0.2) is 5.65 Å². The Hall–Kier alpha value is -3.22. The Balaban J connectivity index is 1.63. The maximum atomic E-state index is 4.67. The molecular formula is C19H21N7. The number of aromatic amines is 1. The van der Waals surface area contributed by atoms with E-state index in [-0.39, 0.29) is 5.41 Å². The highest BCUT2D eigenvalue weighted by molar-refractivity contribution is 5.65. The van der Waals surface area contributed by atoms with E-state index in [1.54, 1.807) is 23.1 Å². The molecule has 4 rings (SSSR count). The second-order valence-corrected chi connectivity index (χ2v) is 7.25. The number of H-pyrrole nitrogens is 1. The van der Waals surface area contributed by atoms with Gasteiger partial charge in [0, 0.05) is 35.5 Å². The first-order valence-corrected chi connectivity index (χ1v) is 8.54. The van der Waals surface area contributed by atoms with Crippen molar-refractivity contribution in [3.63, 3.8) is 0 Å². The molecule has 0 bridgehead atoms. The molecule has 0 amide bonds. The van der Waals surface area contributed by atoms with Crippen LogP contribution in [0.3, 0.4) is 0 Å². The van der Waals surface area contributed by atoms with Crippen molar-refractivity contribution in [2.45, 2.75) is 32.7 Å². The molecule has 0 saturated carbocycles. The summed E-state index contributed by atoms with van der Waals surface area (Å²) in [7, 11) is 0. The summed E-state index contributed by atoms with van der Waals surface area (Å²) in [6.07, 6.45) is 5.28. The Labute approximate surface area is 151 Å². The first-order chi connectivity index (χ1) is 12.5. The zero-order valence-corrected chi connectivity index (χ0v) is 15.1. The van der Waals surface area contributed by atoms with Crippen molar-refractivity contribution in [2.75, 3.05) is 5.32 Å². The van der Waals surface area contributed by atoms with Crippen LogP contribution in [0.5, 0.6) is 0 Å². The molecule has 0 aromatic carbocycles. The van der Waals surface area contributed by atoms with E-state index in [0.29, 0.717) is 6.54 Å². The lowest BCUT2D eigenvalue weighted by Gasteiger charge is -2.13. The third-order valence-electron chi connectivity index (χ3n) is 4.19. The molecule has 4 aromatic heterocycles. The molecule has 7 heteroatoms. The molecule has 2 N–H and O–H groups in total. The summed E-state index contributed by atoms with van der Waals surface area (Å²) in [4.78, 5) is 8.74. The minimum Gasteiger partial charge on any atom is -0.364 e. The van der Waals surface area contributed by atoms with Crippen LogP contribution in [0.15, 0.2) is 48.9 Å². The molecule has 4 heterocycles. The van der Waals surface area contributed by atoms with Crippen molar-refractivity contribution in [3.8, 4) is 11.3 Å². The lowest BCUT2D eigenvalue weighted by Crippen LogP contribution is -2.11. The molecule has 0 fully saturated rings. The predicted octanol–water partition coefficient (Wildman–Crippen LogP) is 3.42. The average molecular weight is 347 g/mol. The molecule has 0 saturated heterocycles. The number of aromatic nitrogens is 6. The highest BCUT2D eigenvalue weighted by Gasteiger charge is 2.17. The molecule has 26 heavy (non-hydrogen) atoms. The van der Waals surface area contributed by atoms with Crippen molar-refractivity contribution in [1.29, 1.82) is 0 Å². The summed E-state index contributed by atoms with van der Waals surface area (Å²) < 4.78 is 1.80. The standard InChI is InChI=1S/C19H21N7/c1-19(2,3)16-10-14(24-25-16)12-21-18-11-15(13-4-7-20-8-5-13)23-17-6-9-22-26(17)18/h4-11,21H,12H2,1-3H3,(H,24,25). The normalized spacial score (nSPS) is 11.8. The first-order valence-electron chi connectivity index (χ1n) is 8.54. The summed E-state index contributed by atoms with van der Waals surface area (Å²) in [5.41, 5.74) is 4.78. The molecule has 0 aliphatic rings. The highest BCUT2D eigenvalue weighted by atomic mass is 15.3. The number of hydrogen-bond acceptors (Lipinski definition) is 5. The smallest absolute Gasteiger partial charge is 0.157 e. The fraction of sp³-hybridized carbons (Fsp3) is 0.263. The van der Waals surface area contributed by atoms with Gasteiger partial charge in [0.1, 0.15) is 5.82 Å². The number of nitrogens with one attached hydrogen (secondary N) is 2. The van der Waals surface area contributed by atoms with E-state index in [0.717, 1.165) is 34.1 Å². The summed E-state index contributed by atoms with van der Waals surface area (Å²) in [5.74, 6) is 0.874. The van der Waals surface area contributed by atoms with Crippen LogP contribution < -0.4 is 5.32 Å². The monoisotopic (exact) mass is 347 g/mol. The molecular weight excluding hydrogens is 326 g/mol. The lowest BCUT2D eigenvalue weighted by atomic mass is 9.92. The van der Waals surface area contributed by atoms with Crippen molar-refractivity contribution in [1.82, 2.24) is 29.8 Å². The zero-order chi connectivity index (χ0) is 18.1. The fourth-order valence-corrected chi connectivity index (χ4v) is 2.73. The van der Waals surface area contributed by atoms with Crippen LogP contribution in [0.1, 0.15) is 32.2 Å². The van der Waals surface area contributed by atoms with Gasteiger partial charge < -0.3 is 5.32 Å². The van der Waals surface area contributed by atoms with Gasteiger partial charge in [0.2, 0.25) is 0 Å². The van der Waals surface area contributed by atoms with Crippen molar-refractivity contribution >= 4 is 11.5 Å². The highest BCUT2D eigenvalue weighted by Crippen LogP contribution is 2.23. The van der Waals surface area contributed by atoms with Gasteiger partial charge >= 0.3 is 0 Å². The van der Waals surface area contributed by atoms with E-state index in [4.69, 9.17) is 0 Å². The fourth-order valence-electron chi connectivity index (χ4n) is 2.73. The summed E-state index contributed by atoms with van der Waals surface area (Å²) >= 11 is 0. The molecule has 4 aromatic rings. The molecule has 0 radical (unpaired) electrons. The third-order valence-corrected chi connectivity index (χ3v) is 4.19. The molecule has 0 spiro atoms. The number of rotatable bonds is 4. The zero-order valence-electron chi connectivity index (χ0n) is 15.1. The minimum atomic E-state index is 0.0230. The van der Waals surface area contributed by atoms with Gasteiger partial charge in [-0.3, -0.25) is 10.1 Å². The predicted molar refractivity (Wildman–Crippen MR) is 101 cm³/mol. The number of hydrogen-bond donors (Lipinski definition) is 2. The van der Waals surface area contributed by atoms with E-state index in [1.165, 1.54) is 0 Å². The Morgan fingerprint density at radius 2 is 1.88 bits per heavy atom. The van der Waals surface area contributed by atoms with Crippen LogP contribution in [0.4, 0.5) is 5.82 Å². The van der Waals surface area contributed by atoms with E-state index in [1.807, 2.05) is 24.3 Å². The topological polar surface area (TPSA) is 83.8 Å². The van der Waals surface area contributed by atoms with Crippen LogP contribution in [-0.2, 0) is 12.0 Å². The van der Waals surface area contributed by atoms with Gasteiger partial charge in [-0.25, -0.2) is 4.98 Å². The van der Waals surface area contributed by atoms with Gasteiger partial charge in [0.05, 0.1) is 29.8 Å². The number of pyridine rings is 1. The van der Waals surface area contributed by atoms with Crippen LogP contribution in [0, 0.1) is 0 Å². The van der Waals surface area contributed by atoms with E-state index in [2.05, 4.69) is 57.4 Å². The molecule has 7 nitrogen and oxygen atoms in total. The Kier molecular flexibility index (Phi) is 3.91. The molecule has 0 aliphatic heterocycles. The SMILES string of the molecule is CC(C)(C)c1cc(CNc2cc(-c3ccncc3)nc3ccnn23)[nH]n1. The Morgan fingerprint density at radius 3 is 2.62 bits per heavy atom. The largest absolute Gasteiger partial charge is 0.364 e. The average Bonchev–Trinajstić information content (AvgIpc) is 3.29. The third kappa shape index (κ3) is 3.15. The van der Waals surface area contributed by atoms with Gasteiger partial charge in [0.25, 0.3) is 0 Å². The quantitative estimate of drug-likeness (QED) is 0.591. The molecule has 0 unspecified atom stereocenters. The second-order valence-electron chi connectivity index (χ2n) is 7.25. The molecule has 0 atom stereocenters. The molecule has 132 valence electrons. The van der Waals surface area contributed by atoms with Crippen molar-refractivity contribution < 1.29 is 0 Å². The van der Waals surface area contributed by atoms with E-state index < -0.39 is 0 Å². The maximum absolute atomic E-state index is 4.67. The van der Waals surface area contributed by atoms with Crippen LogP contribution >= 0.6 is 0 Å². The van der Waals surface area contributed by atoms with E-state index >= 15 is 0 Å². The summed E-state index contributed by atoms with van der Waals surface area (Å²) in [5, 5.41) is 15.3. The Bertz CT molecular complexity index is 1020. The lowest BCUT2D eigenvalue weighted by molar-refractivity contribution is 0.567. The van der Waals surface area contributed by atoms with Gasteiger partial charge in [-0.05, 0) is 18.2 Å². The number of nitrogens with zero attached hydrogens (tertiary/aromatic N) is 5. The summed E-state index contributed by atoms with van der Waals surface area (Å²) in [6.45, 7) is 7.07. The minimum absolute atomic E-state index is 0.0230. The maximum Gasteiger partial charge on any atom is 0.157 e. The van der Waals surface area contributed by atoms with Crippen LogP contribution in [0.25, 0.3) is 16.9 Å². The van der Waals surface area contributed by atoms with Gasteiger partial charge in [-0.15, -0.1) is 0 Å². The summed E-state index contributed by atoms with van der Waals surface area (Å²) in [6, 6.07) is 9.88. The van der Waals surface area contributed by atoms with Crippen LogP contribution in [0.2, 0.25) is 0 Å². The van der Waals surface area contributed by atoms with E-state index in [9.17, 15) is 0 Å². The number of fused-ring (bicyclic) bond motifs is 1.